The summed E-state index contributed by atoms with van der Waals surface area (Å²) in [6.07, 6.45) is 4.09. The molecule has 1 saturated carbocycles. The molecule has 146 valence electrons. The fourth-order valence-corrected chi connectivity index (χ4v) is 3.13. The predicted molar refractivity (Wildman–Crippen MR) is 104 cm³/mol. The number of fused-ring (bicyclic) bond motifs is 1. The average molecular weight is 390 g/mol. The first-order valence-corrected chi connectivity index (χ1v) is 9.32. The van der Waals surface area contributed by atoms with Crippen LogP contribution in [0.25, 0.3) is 17.1 Å². The number of hydrogen-bond acceptors (Lipinski definition) is 7. The van der Waals surface area contributed by atoms with Crippen molar-refractivity contribution in [3.05, 3.63) is 54.2 Å². The molecular formula is C20H18N6O3. The van der Waals surface area contributed by atoms with Crippen LogP contribution in [0.1, 0.15) is 30.4 Å². The van der Waals surface area contributed by atoms with Gasteiger partial charge in [0.15, 0.2) is 11.5 Å². The highest BCUT2D eigenvalue weighted by molar-refractivity contribution is 5.92. The summed E-state index contributed by atoms with van der Waals surface area (Å²) in [5.74, 6) is 2.62. The van der Waals surface area contributed by atoms with Gasteiger partial charge in [-0.05, 0) is 49.2 Å². The van der Waals surface area contributed by atoms with Gasteiger partial charge in [0.1, 0.15) is 11.6 Å². The molecule has 9 nitrogen and oxygen atoms in total. The van der Waals surface area contributed by atoms with Crippen molar-refractivity contribution < 1.29 is 14.1 Å². The SMILES string of the molecule is COc1ccc(NC(=O)Cc2nnc3c(-c4nc(C5CC5)no4)cccn23)cc1. The van der Waals surface area contributed by atoms with Gasteiger partial charge in [-0.3, -0.25) is 9.20 Å². The molecule has 0 atom stereocenters. The van der Waals surface area contributed by atoms with E-state index in [0.717, 1.165) is 24.4 Å². The second-order valence-electron chi connectivity index (χ2n) is 6.92. The molecule has 0 bridgehead atoms. The van der Waals surface area contributed by atoms with Crippen LogP contribution in [0, 0.1) is 0 Å². The summed E-state index contributed by atoms with van der Waals surface area (Å²) in [5.41, 5.74) is 1.95. The number of rotatable bonds is 6. The first kappa shape index (κ1) is 17.4. The summed E-state index contributed by atoms with van der Waals surface area (Å²) in [5, 5.41) is 15.3. The van der Waals surface area contributed by atoms with Crippen LogP contribution in [0.3, 0.4) is 0 Å². The molecule has 9 heteroatoms. The molecule has 0 saturated heterocycles. The molecule has 3 aromatic heterocycles. The number of benzene rings is 1. The van der Waals surface area contributed by atoms with Gasteiger partial charge in [0.2, 0.25) is 5.91 Å². The Balaban J connectivity index is 1.37. The molecule has 1 amide bonds. The summed E-state index contributed by atoms with van der Waals surface area (Å²) < 4.78 is 12.3. The number of pyridine rings is 1. The lowest BCUT2D eigenvalue weighted by molar-refractivity contribution is -0.115. The van der Waals surface area contributed by atoms with Crippen LogP contribution in [-0.2, 0) is 11.2 Å². The topological polar surface area (TPSA) is 107 Å². The molecule has 0 aliphatic heterocycles. The van der Waals surface area contributed by atoms with Gasteiger partial charge in [-0.15, -0.1) is 10.2 Å². The summed E-state index contributed by atoms with van der Waals surface area (Å²) in [4.78, 5) is 16.9. The van der Waals surface area contributed by atoms with Crippen LogP contribution < -0.4 is 10.1 Å². The number of carbonyl (C=O) groups is 1. The van der Waals surface area contributed by atoms with Crippen LogP contribution in [-0.4, -0.2) is 37.8 Å². The molecule has 0 spiro atoms. The van der Waals surface area contributed by atoms with Crippen molar-refractivity contribution in [3.63, 3.8) is 0 Å². The van der Waals surface area contributed by atoms with E-state index in [-0.39, 0.29) is 12.3 Å². The first-order valence-electron chi connectivity index (χ1n) is 9.32. The van der Waals surface area contributed by atoms with Crippen molar-refractivity contribution in [1.29, 1.82) is 0 Å². The van der Waals surface area contributed by atoms with E-state index in [9.17, 15) is 4.79 Å². The highest BCUT2D eigenvalue weighted by Crippen LogP contribution is 2.39. The third-order valence-corrected chi connectivity index (χ3v) is 4.81. The molecule has 1 N–H and O–H groups in total. The largest absolute Gasteiger partial charge is 0.497 e. The summed E-state index contributed by atoms with van der Waals surface area (Å²) in [6.45, 7) is 0. The van der Waals surface area contributed by atoms with Gasteiger partial charge in [-0.25, -0.2) is 0 Å². The number of hydrogen-bond donors (Lipinski definition) is 1. The van der Waals surface area contributed by atoms with E-state index in [1.165, 1.54) is 0 Å². The van der Waals surface area contributed by atoms with Gasteiger partial charge < -0.3 is 14.6 Å². The van der Waals surface area contributed by atoms with Crippen LogP contribution >= 0.6 is 0 Å². The molecule has 1 aliphatic rings. The molecule has 1 aliphatic carbocycles. The third-order valence-electron chi connectivity index (χ3n) is 4.81. The summed E-state index contributed by atoms with van der Waals surface area (Å²) in [6, 6.07) is 10.8. The number of ether oxygens (including phenoxy) is 1. The van der Waals surface area contributed by atoms with Crippen molar-refractivity contribution in [2.24, 2.45) is 0 Å². The van der Waals surface area contributed by atoms with Crippen LogP contribution in [0.5, 0.6) is 5.75 Å². The van der Waals surface area contributed by atoms with Gasteiger partial charge in [0.25, 0.3) is 5.89 Å². The Kier molecular flexibility index (Phi) is 4.19. The average Bonchev–Trinajstić information content (AvgIpc) is 3.34. The second-order valence-corrected chi connectivity index (χ2v) is 6.92. The van der Waals surface area contributed by atoms with Crippen LogP contribution in [0.2, 0.25) is 0 Å². The smallest absolute Gasteiger partial charge is 0.261 e. The van der Waals surface area contributed by atoms with Crippen molar-refractivity contribution in [1.82, 2.24) is 24.7 Å². The highest BCUT2D eigenvalue weighted by atomic mass is 16.5. The highest BCUT2D eigenvalue weighted by Gasteiger charge is 2.29. The van der Waals surface area contributed by atoms with E-state index in [1.54, 1.807) is 35.8 Å². The molecule has 29 heavy (non-hydrogen) atoms. The van der Waals surface area contributed by atoms with E-state index < -0.39 is 0 Å². The first-order chi connectivity index (χ1) is 14.2. The summed E-state index contributed by atoms with van der Waals surface area (Å²) in [7, 11) is 1.60. The third kappa shape index (κ3) is 3.42. The number of aromatic nitrogens is 5. The lowest BCUT2D eigenvalue weighted by atomic mass is 10.2. The van der Waals surface area contributed by atoms with E-state index in [0.29, 0.717) is 34.5 Å². The predicted octanol–water partition coefficient (Wildman–Crippen LogP) is 2.85. The Bertz CT molecular complexity index is 1180. The van der Waals surface area contributed by atoms with E-state index in [4.69, 9.17) is 9.26 Å². The molecule has 0 unspecified atom stereocenters. The zero-order valence-electron chi connectivity index (χ0n) is 15.7. The Labute approximate surface area is 165 Å². The fraction of sp³-hybridized carbons (Fsp3) is 0.250. The van der Waals surface area contributed by atoms with Gasteiger partial charge in [-0.2, -0.15) is 4.98 Å². The van der Waals surface area contributed by atoms with Crippen molar-refractivity contribution >= 4 is 17.2 Å². The Hall–Kier alpha value is -3.75. The van der Waals surface area contributed by atoms with Crippen LogP contribution in [0.4, 0.5) is 5.69 Å². The molecule has 5 rings (SSSR count). The van der Waals surface area contributed by atoms with Gasteiger partial charge in [-0.1, -0.05) is 5.16 Å². The van der Waals surface area contributed by atoms with E-state index in [2.05, 4.69) is 25.7 Å². The monoisotopic (exact) mass is 390 g/mol. The second kappa shape index (κ2) is 7.01. The zero-order chi connectivity index (χ0) is 19.8. The van der Waals surface area contributed by atoms with E-state index >= 15 is 0 Å². The maximum atomic E-state index is 12.5. The number of carbonyl (C=O) groups excluding carboxylic acids is 1. The van der Waals surface area contributed by atoms with Gasteiger partial charge >= 0.3 is 0 Å². The fourth-order valence-electron chi connectivity index (χ4n) is 3.13. The standard InChI is InChI=1S/C20H18N6O3/c1-28-14-8-6-13(7-9-14)21-17(27)11-16-23-24-19-15(3-2-10-26(16)19)20-22-18(25-29-20)12-4-5-12/h2-3,6-10,12H,4-5,11H2,1H3,(H,21,27). The summed E-state index contributed by atoms with van der Waals surface area (Å²) >= 11 is 0. The number of amides is 1. The number of nitrogens with zero attached hydrogens (tertiary/aromatic N) is 5. The molecular weight excluding hydrogens is 372 g/mol. The maximum absolute atomic E-state index is 12.5. The lowest BCUT2D eigenvalue weighted by Crippen LogP contribution is -2.16. The Morgan fingerprint density at radius 3 is 2.83 bits per heavy atom. The minimum atomic E-state index is -0.191. The Morgan fingerprint density at radius 2 is 2.07 bits per heavy atom. The molecule has 3 heterocycles. The molecule has 1 fully saturated rings. The number of nitrogens with one attached hydrogen (secondary N) is 1. The number of anilines is 1. The normalized spacial score (nSPS) is 13.6. The molecule has 1 aromatic carbocycles. The van der Waals surface area contributed by atoms with Crippen LogP contribution in [0.15, 0.2) is 47.1 Å². The molecule has 4 aromatic rings. The van der Waals surface area contributed by atoms with Gasteiger partial charge in [0.05, 0.1) is 19.1 Å². The minimum Gasteiger partial charge on any atom is -0.497 e. The van der Waals surface area contributed by atoms with Crippen molar-refractivity contribution in [2.45, 2.75) is 25.2 Å². The van der Waals surface area contributed by atoms with Gasteiger partial charge in [0, 0.05) is 17.8 Å². The zero-order valence-corrected chi connectivity index (χ0v) is 15.7. The molecule has 0 radical (unpaired) electrons. The van der Waals surface area contributed by atoms with E-state index in [1.807, 2.05) is 18.3 Å². The number of methoxy groups -OCH3 is 1. The Morgan fingerprint density at radius 1 is 1.24 bits per heavy atom. The lowest BCUT2D eigenvalue weighted by Gasteiger charge is -2.06. The quantitative estimate of drug-likeness (QED) is 0.539. The minimum absolute atomic E-state index is 0.0772. The van der Waals surface area contributed by atoms with Crippen molar-refractivity contribution in [2.75, 3.05) is 12.4 Å². The maximum Gasteiger partial charge on any atom is 0.261 e. The van der Waals surface area contributed by atoms with Crippen molar-refractivity contribution in [3.8, 4) is 17.2 Å².